The van der Waals surface area contributed by atoms with E-state index >= 15 is 0 Å². The molecule has 7 heteroatoms. The van der Waals surface area contributed by atoms with Gasteiger partial charge in [0.2, 0.25) is 6.10 Å². The number of amides is 1. The largest absolute Gasteiger partial charge is 0.493 e. The van der Waals surface area contributed by atoms with Crippen LogP contribution in [0, 0.1) is 0 Å². The lowest BCUT2D eigenvalue weighted by molar-refractivity contribution is -0.124. The minimum absolute atomic E-state index is 0.414. The highest BCUT2D eigenvalue weighted by Gasteiger charge is 2.35. The van der Waals surface area contributed by atoms with E-state index in [-0.39, 0.29) is 0 Å². The Hall–Kier alpha value is -3.06. The molecule has 1 aliphatic heterocycles. The molecule has 0 spiro atoms. The number of nitrogens with zero attached hydrogens (tertiary/aromatic N) is 1. The first-order valence-corrected chi connectivity index (χ1v) is 9.71. The second kappa shape index (κ2) is 9.43. The van der Waals surface area contributed by atoms with Crippen molar-refractivity contribution in [2.24, 2.45) is 0 Å². The molecule has 29 heavy (non-hydrogen) atoms. The molecule has 1 heterocycles. The highest BCUT2D eigenvalue weighted by atomic mass is 16.6. The van der Waals surface area contributed by atoms with Gasteiger partial charge in [-0.25, -0.2) is 4.79 Å². The van der Waals surface area contributed by atoms with Crippen LogP contribution in [0.15, 0.2) is 42.5 Å². The molecular formula is C22H26N2O5. The Morgan fingerprint density at radius 2 is 1.90 bits per heavy atom. The van der Waals surface area contributed by atoms with Crippen LogP contribution in [-0.2, 0) is 9.53 Å². The van der Waals surface area contributed by atoms with Gasteiger partial charge in [-0.15, -0.1) is 0 Å². The average molecular weight is 398 g/mol. The maximum atomic E-state index is 12.7. The zero-order valence-electron chi connectivity index (χ0n) is 16.9. The number of carbonyl (C=O) groups is 2. The average Bonchev–Trinajstić information content (AvgIpc) is 3.08. The number of rotatable bonds is 9. The van der Waals surface area contributed by atoms with E-state index in [4.69, 9.17) is 14.2 Å². The number of fused-ring (bicyclic) bond motifs is 1. The van der Waals surface area contributed by atoms with Crippen molar-refractivity contribution >= 4 is 17.6 Å². The second-order valence-electron chi connectivity index (χ2n) is 6.60. The summed E-state index contributed by atoms with van der Waals surface area (Å²) in [5, 5.41) is 2.80. The van der Waals surface area contributed by atoms with E-state index < -0.39 is 18.0 Å². The molecule has 0 radical (unpaired) electrons. The van der Waals surface area contributed by atoms with Crippen molar-refractivity contribution in [1.82, 2.24) is 4.90 Å². The van der Waals surface area contributed by atoms with Gasteiger partial charge in [-0.3, -0.25) is 4.79 Å². The maximum absolute atomic E-state index is 12.7. The van der Waals surface area contributed by atoms with Crippen LogP contribution < -0.4 is 14.8 Å². The number of hydrogen-bond donors (Lipinski definition) is 1. The van der Waals surface area contributed by atoms with Crippen molar-refractivity contribution in [3.05, 3.63) is 53.6 Å². The number of benzene rings is 2. The fourth-order valence-electron chi connectivity index (χ4n) is 3.24. The number of likely N-dealkylation sites (N-methyl/N-ethyl adjacent to an activating group) is 1. The molecule has 1 amide bonds. The third-order valence-corrected chi connectivity index (χ3v) is 4.92. The summed E-state index contributed by atoms with van der Waals surface area (Å²) in [5.74, 6) is 0.222. The Balaban J connectivity index is 1.70. The predicted octanol–water partition coefficient (Wildman–Crippen LogP) is 3.27. The van der Waals surface area contributed by atoms with Gasteiger partial charge < -0.3 is 24.4 Å². The molecule has 0 aromatic heterocycles. The first-order chi connectivity index (χ1) is 14.1. The Kier molecular flexibility index (Phi) is 6.72. The molecule has 0 aliphatic carbocycles. The van der Waals surface area contributed by atoms with Gasteiger partial charge in [-0.05, 0) is 31.3 Å². The Bertz CT molecular complexity index is 879. The van der Waals surface area contributed by atoms with E-state index in [1.807, 2.05) is 0 Å². The molecule has 1 unspecified atom stereocenters. The Morgan fingerprint density at radius 1 is 1.14 bits per heavy atom. The van der Waals surface area contributed by atoms with Gasteiger partial charge in [0.25, 0.3) is 5.91 Å². The number of cyclic esters (lactones) is 1. The highest BCUT2D eigenvalue weighted by molar-refractivity contribution is 6.03. The van der Waals surface area contributed by atoms with Crippen molar-refractivity contribution in [3.63, 3.8) is 0 Å². The lowest BCUT2D eigenvalue weighted by atomic mass is 10.0. The number of esters is 1. The predicted molar refractivity (Wildman–Crippen MR) is 110 cm³/mol. The minimum Gasteiger partial charge on any atom is -0.493 e. The van der Waals surface area contributed by atoms with Gasteiger partial charge >= 0.3 is 5.97 Å². The van der Waals surface area contributed by atoms with Gasteiger partial charge in [-0.2, -0.15) is 0 Å². The van der Waals surface area contributed by atoms with E-state index in [9.17, 15) is 9.59 Å². The normalized spacial score (nSPS) is 15.0. The summed E-state index contributed by atoms with van der Waals surface area (Å²) in [7, 11) is 1.57. The molecule has 2 aromatic rings. The van der Waals surface area contributed by atoms with Crippen molar-refractivity contribution in [1.29, 1.82) is 0 Å². The van der Waals surface area contributed by atoms with Crippen LogP contribution in [0.25, 0.3) is 0 Å². The van der Waals surface area contributed by atoms with E-state index in [1.165, 1.54) is 0 Å². The zero-order chi connectivity index (χ0) is 20.8. The van der Waals surface area contributed by atoms with Gasteiger partial charge in [0.1, 0.15) is 6.61 Å². The van der Waals surface area contributed by atoms with Crippen LogP contribution in [-0.4, -0.2) is 50.1 Å². The number of nitrogens with one attached hydrogen (secondary N) is 1. The van der Waals surface area contributed by atoms with E-state index in [2.05, 4.69) is 24.1 Å². The van der Waals surface area contributed by atoms with Crippen LogP contribution in [0.3, 0.4) is 0 Å². The molecule has 0 saturated carbocycles. The molecule has 0 fully saturated rings. The first kappa shape index (κ1) is 20.7. The van der Waals surface area contributed by atoms with Crippen LogP contribution in [0.5, 0.6) is 11.5 Å². The van der Waals surface area contributed by atoms with Crippen LogP contribution in [0.4, 0.5) is 5.69 Å². The summed E-state index contributed by atoms with van der Waals surface area (Å²) in [6, 6.07) is 12.1. The molecule has 0 saturated heterocycles. The molecule has 3 rings (SSSR count). The van der Waals surface area contributed by atoms with Crippen molar-refractivity contribution in [2.45, 2.75) is 20.0 Å². The number of carbonyl (C=O) groups excluding carboxylic acids is 2. The monoisotopic (exact) mass is 398 g/mol. The van der Waals surface area contributed by atoms with Gasteiger partial charge in [0, 0.05) is 23.9 Å². The number of methoxy groups -OCH3 is 1. The second-order valence-corrected chi connectivity index (χ2v) is 6.60. The fraction of sp³-hybridized carbons (Fsp3) is 0.364. The van der Waals surface area contributed by atoms with Crippen molar-refractivity contribution < 1.29 is 23.8 Å². The molecular weight excluding hydrogens is 372 g/mol. The minimum atomic E-state index is -0.965. The quantitative estimate of drug-likeness (QED) is 0.654. The Labute approximate surface area is 170 Å². The van der Waals surface area contributed by atoms with Gasteiger partial charge in [0.15, 0.2) is 11.5 Å². The number of anilines is 1. The lowest BCUT2D eigenvalue weighted by Gasteiger charge is -2.19. The molecule has 2 aromatic carbocycles. The molecule has 0 bridgehead atoms. The molecule has 154 valence electrons. The summed E-state index contributed by atoms with van der Waals surface area (Å²) in [6.45, 7) is 7.41. The van der Waals surface area contributed by atoms with E-state index in [0.29, 0.717) is 34.9 Å². The lowest BCUT2D eigenvalue weighted by Crippen LogP contribution is -2.28. The molecule has 1 aliphatic rings. The number of hydrogen-bond acceptors (Lipinski definition) is 6. The topological polar surface area (TPSA) is 77.1 Å². The summed E-state index contributed by atoms with van der Waals surface area (Å²) in [5.41, 5.74) is 1.52. The third kappa shape index (κ3) is 4.68. The van der Waals surface area contributed by atoms with Gasteiger partial charge in [0.05, 0.1) is 12.7 Å². The summed E-state index contributed by atoms with van der Waals surface area (Å²) in [4.78, 5) is 26.9. The van der Waals surface area contributed by atoms with Gasteiger partial charge in [-0.1, -0.05) is 32.0 Å². The standard InChI is InChI=1S/C22H26N2O5/c1-4-24(5-2)12-13-28-19-14-15(10-11-18(19)27-3)23-21(25)20-16-8-6-7-9-17(16)22(26)29-20/h6-11,14,20H,4-5,12-13H2,1-3H3,(H,23,25). The molecule has 1 N–H and O–H groups in total. The smallest absolute Gasteiger partial charge is 0.339 e. The van der Waals surface area contributed by atoms with Crippen molar-refractivity contribution in [2.75, 3.05) is 38.7 Å². The SMILES string of the molecule is CCN(CC)CCOc1cc(NC(=O)C2OC(=O)c3ccccc32)ccc1OC. The van der Waals surface area contributed by atoms with Crippen LogP contribution in [0.1, 0.15) is 35.9 Å². The van der Waals surface area contributed by atoms with E-state index in [1.54, 1.807) is 49.6 Å². The fourth-order valence-corrected chi connectivity index (χ4v) is 3.24. The van der Waals surface area contributed by atoms with Crippen molar-refractivity contribution in [3.8, 4) is 11.5 Å². The van der Waals surface area contributed by atoms with Crippen LogP contribution in [0.2, 0.25) is 0 Å². The highest BCUT2D eigenvalue weighted by Crippen LogP contribution is 2.33. The number of ether oxygens (including phenoxy) is 3. The maximum Gasteiger partial charge on any atom is 0.339 e. The summed E-state index contributed by atoms with van der Waals surface area (Å²) < 4.78 is 16.5. The summed E-state index contributed by atoms with van der Waals surface area (Å²) >= 11 is 0. The Morgan fingerprint density at radius 3 is 2.62 bits per heavy atom. The first-order valence-electron chi connectivity index (χ1n) is 9.71. The zero-order valence-corrected chi connectivity index (χ0v) is 16.9. The summed E-state index contributed by atoms with van der Waals surface area (Å²) in [6.07, 6.45) is -0.965. The molecule has 7 nitrogen and oxygen atoms in total. The third-order valence-electron chi connectivity index (χ3n) is 4.92. The van der Waals surface area contributed by atoms with Crippen LogP contribution >= 0.6 is 0 Å². The molecule has 1 atom stereocenters. The van der Waals surface area contributed by atoms with E-state index in [0.717, 1.165) is 19.6 Å².